The van der Waals surface area contributed by atoms with Crippen LogP contribution in [0.3, 0.4) is 0 Å². The predicted molar refractivity (Wildman–Crippen MR) is 140 cm³/mol. The molecule has 12 heteroatoms. The third-order valence-corrected chi connectivity index (χ3v) is 5.94. The molecule has 0 saturated carbocycles. The van der Waals surface area contributed by atoms with Crippen LogP contribution in [0.25, 0.3) is 22.0 Å². The largest absolute Gasteiger partial charge is 0.573 e. The first-order valence-corrected chi connectivity index (χ1v) is 12.2. The minimum absolute atomic E-state index is 0.0164. The molecule has 0 amide bonds. The van der Waals surface area contributed by atoms with E-state index in [2.05, 4.69) is 9.72 Å². The number of alkyl halides is 3. The Morgan fingerprint density at radius 2 is 1.60 bits per heavy atom. The third kappa shape index (κ3) is 7.12. The molecule has 4 aromatic rings. The monoisotopic (exact) mass is 577 g/mol. The topological polar surface area (TPSA) is 96.3 Å². The Kier molecular flexibility index (Phi) is 8.98. The molecule has 8 nitrogen and oxygen atoms in total. The zero-order chi connectivity index (χ0) is 28.9. The Hall–Kier alpha value is -4.06. The van der Waals surface area contributed by atoms with Crippen LogP contribution < -0.4 is 14.2 Å². The first kappa shape index (κ1) is 28.9. The minimum atomic E-state index is -4.79. The Labute approximate surface area is 231 Å². The summed E-state index contributed by atoms with van der Waals surface area (Å²) in [5.41, 5.74) is 2.54. The molecule has 0 spiro atoms. The molecule has 0 aliphatic heterocycles. The smallest absolute Gasteiger partial charge is 0.457 e. The van der Waals surface area contributed by atoms with Gasteiger partial charge in [0.2, 0.25) is 0 Å². The predicted octanol–water partition coefficient (Wildman–Crippen LogP) is 7.21. The van der Waals surface area contributed by atoms with Crippen LogP contribution in [0.5, 0.6) is 23.0 Å². The van der Waals surface area contributed by atoms with Gasteiger partial charge in [-0.3, -0.25) is 4.98 Å². The van der Waals surface area contributed by atoms with Gasteiger partial charge in [-0.1, -0.05) is 23.7 Å². The first-order valence-electron chi connectivity index (χ1n) is 11.8. The van der Waals surface area contributed by atoms with Crippen LogP contribution in [0.1, 0.15) is 11.3 Å². The molecule has 210 valence electrons. The number of aliphatic hydroxyl groups is 1. The molecule has 0 bridgehead atoms. The van der Waals surface area contributed by atoms with Crippen molar-refractivity contribution in [1.82, 2.24) is 4.98 Å². The number of carbonyl (C=O) groups excluding carboxylic acids is 1. The number of aryl methyl sites for hydroxylation is 1. The fraction of sp³-hybridized carbons (Fsp3) is 0.214. The highest BCUT2D eigenvalue weighted by Gasteiger charge is 2.31. The lowest BCUT2D eigenvalue weighted by Gasteiger charge is -2.17. The summed E-state index contributed by atoms with van der Waals surface area (Å²) in [5, 5.41) is 10.3. The summed E-state index contributed by atoms with van der Waals surface area (Å²) >= 11 is 6.34. The third-order valence-electron chi connectivity index (χ3n) is 5.59. The van der Waals surface area contributed by atoms with Gasteiger partial charge in [-0.2, -0.15) is 0 Å². The summed E-state index contributed by atoms with van der Waals surface area (Å²) in [7, 11) is 1.47. The van der Waals surface area contributed by atoms with E-state index in [-0.39, 0.29) is 36.3 Å². The zero-order valence-corrected chi connectivity index (χ0v) is 22.0. The lowest BCUT2D eigenvalue weighted by molar-refractivity contribution is -0.274. The number of rotatable bonds is 9. The normalized spacial score (nSPS) is 11.4. The van der Waals surface area contributed by atoms with Crippen LogP contribution >= 0.6 is 11.6 Å². The van der Waals surface area contributed by atoms with Crippen molar-refractivity contribution in [2.75, 3.05) is 20.3 Å². The van der Waals surface area contributed by atoms with Gasteiger partial charge in [0.05, 0.1) is 18.7 Å². The quantitative estimate of drug-likeness (QED) is 0.165. The Balaban J connectivity index is 1.66. The van der Waals surface area contributed by atoms with E-state index in [1.807, 2.05) is 0 Å². The van der Waals surface area contributed by atoms with Gasteiger partial charge in [0.25, 0.3) is 0 Å². The molecule has 0 atom stereocenters. The molecule has 0 saturated heterocycles. The first-order chi connectivity index (χ1) is 19.1. The van der Waals surface area contributed by atoms with E-state index in [0.29, 0.717) is 44.8 Å². The van der Waals surface area contributed by atoms with Crippen LogP contribution in [0, 0.1) is 6.92 Å². The minimum Gasteiger partial charge on any atom is -0.457 e. The fourth-order valence-corrected chi connectivity index (χ4v) is 4.06. The zero-order valence-electron chi connectivity index (χ0n) is 21.3. The van der Waals surface area contributed by atoms with E-state index in [1.165, 1.54) is 19.2 Å². The van der Waals surface area contributed by atoms with Crippen molar-refractivity contribution in [1.29, 1.82) is 0 Å². The average Bonchev–Trinajstić information content (AvgIpc) is 2.90. The standard InChI is InChI=1S/C28H23ClF3NO7/c1-16-25(17-3-5-19(6-4-17)38-20-7-9-21(10-8-20)40-28(30,31)32)26(39-27(35)37-12-11-36-2)22-14-23(29)18(15-34)13-24(22)33-16/h3-10,13-14,34H,11-12,15H2,1-2H3. The fourth-order valence-electron chi connectivity index (χ4n) is 3.84. The number of aromatic nitrogens is 1. The summed E-state index contributed by atoms with van der Waals surface area (Å²) < 4.78 is 62.4. The maximum atomic E-state index is 12.5. The number of hydrogen-bond donors (Lipinski definition) is 1. The molecule has 0 radical (unpaired) electrons. The van der Waals surface area contributed by atoms with Crippen molar-refractivity contribution in [2.45, 2.75) is 19.9 Å². The number of benzene rings is 3. The number of fused-ring (bicyclic) bond motifs is 1. The number of nitrogens with zero attached hydrogens (tertiary/aromatic N) is 1. The second-order valence-corrected chi connectivity index (χ2v) is 8.77. The summed E-state index contributed by atoms with van der Waals surface area (Å²) in [6.45, 7) is 1.60. The highest BCUT2D eigenvalue weighted by Crippen LogP contribution is 2.41. The highest BCUT2D eigenvalue weighted by atomic mass is 35.5. The van der Waals surface area contributed by atoms with Gasteiger partial charge in [0.1, 0.15) is 23.9 Å². The molecule has 0 aliphatic rings. The molecule has 3 aromatic carbocycles. The lowest BCUT2D eigenvalue weighted by Crippen LogP contribution is -2.16. The van der Waals surface area contributed by atoms with E-state index in [0.717, 1.165) is 12.1 Å². The molecule has 1 N–H and O–H groups in total. The molecule has 1 heterocycles. The molecular weight excluding hydrogens is 555 g/mol. The molecule has 0 fully saturated rings. The van der Waals surface area contributed by atoms with Gasteiger partial charge in [0.15, 0.2) is 5.75 Å². The van der Waals surface area contributed by atoms with E-state index in [9.17, 15) is 23.1 Å². The highest BCUT2D eigenvalue weighted by molar-refractivity contribution is 6.32. The summed E-state index contributed by atoms with van der Waals surface area (Å²) in [6, 6.07) is 14.8. The number of halogens is 4. The van der Waals surface area contributed by atoms with Crippen molar-refractivity contribution in [2.24, 2.45) is 0 Å². The number of pyridine rings is 1. The molecule has 1 aromatic heterocycles. The van der Waals surface area contributed by atoms with Crippen molar-refractivity contribution in [3.8, 4) is 34.1 Å². The van der Waals surface area contributed by atoms with E-state index < -0.39 is 12.5 Å². The van der Waals surface area contributed by atoms with Gasteiger partial charge in [-0.25, -0.2) is 4.79 Å². The van der Waals surface area contributed by atoms with Gasteiger partial charge < -0.3 is 28.8 Å². The Bertz CT molecular complexity index is 1490. The number of hydrogen-bond acceptors (Lipinski definition) is 8. The number of methoxy groups -OCH3 is 1. The molecule has 0 aliphatic carbocycles. The average molecular weight is 578 g/mol. The van der Waals surface area contributed by atoms with Gasteiger partial charge in [0, 0.05) is 28.8 Å². The van der Waals surface area contributed by atoms with Crippen molar-refractivity contribution >= 4 is 28.7 Å². The number of aliphatic hydroxyl groups excluding tert-OH is 1. The van der Waals surface area contributed by atoms with Gasteiger partial charge in [-0.15, -0.1) is 13.2 Å². The van der Waals surface area contributed by atoms with E-state index in [1.54, 1.807) is 43.3 Å². The summed E-state index contributed by atoms with van der Waals surface area (Å²) in [5.74, 6) is 0.485. The van der Waals surface area contributed by atoms with Gasteiger partial charge >= 0.3 is 12.5 Å². The Morgan fingerprint density at radius 1 is 0.975 bits per heavy atom. The second-order valence-electron chi connectivity index (χ2n) is 8.36. The molecular formula is C28H23ClF3NO7. The van der Waals surface area contributed by atoms with Crippen LogP contribution in [0.4, 0.5) is 18.0 Å². The second kappa shape index (κ2) is 12.4. The maximum absolute atomic E-state index is 12.5. The van der Waals surface area contributed by atoms with Crippen molar-refractivity contribution < 1.29 is 46.8 Å². The van der Waals surface area contributed by atoms with Crippen molar-refractivity contribution in [3.63, 3.8) is 0 Å². The molecule has 4 rings (SSSR count). The summed E-state index contributed by atoms with van der Waals surface area (Å²) in [6.07, 6.45) is -5.74. The van der Waals surface area contributed by atoms with E-state index >= 15 is 0 Å². The van der Waals surface area contributed by atoms with Crippen LogP contribution in [0.15, 0.2) is 60.7 Å². The van der Waals surface area contributed by atoms with Crippen LogP contribution in [-0.4, -0.2) is 42.9 Å². The SMILES string of the molecule is COCCOC(=O)Oc1c(-c2ccc(Oc3ccc(OC(F)(F)F)cc3)cc2)c(C)nc2cc(CO)c(Cl)cc12. The van der Waals surface area contributed by atoms with Crippen molar-refractivity contribution in [3.05, 3.63) is 76.9 Å². The van der Waals surface area contributed by atoms with E-state index in [4.69, 9.17) is 30.5 Å². The Morgan fingerprint density at radius 3 is 2.20 bits per heavy atom. The van der Waals surface area contributed by atoms with Crippen LogP contribution in [0.2, 0.25) is 5.02 Å². The van der Waals surface area contributed by atoms with Crippen LogP contribution in [-0.2, 0) is 16.1 Å². The maximum Gasteiger partial charge on any atom is 0.573 e. The lowest BCUT2D eigenvalue weighted by atomic mass is 9.99. The summed E-state index contributed by atoms with van der Waals surface area (Å²) in [4.78, 5) is 17.1. The number of ether oxygens (including phenoxy) is 5. The van der Waals surface area contributed by atoms with Gasteiger partial charge in [-0.05, 0) is 66.6 Å². The molecule has 40 heavy (non-hydrogen) atoms. The number of carbonyl (C=O) groups is 1. The molecule has 0 unspecified atom stereocenters.